The summed E-state index contributed by atoms with van der Waals surface area (Å²) >= 11 is 11.9. The topological polar surface area (TPSA) is 49.4 Å². The molecule has 0 aliphatic rings. The third-order valence-corrected chi connectivity index (χ3v) is 4.89. The van der Waals surface area contributed by atoms with Crippen molar-refractivity contribution >= 4 is 35.0 Å². The molecule has 0 saturated carbocycles. The first kappa shape index (κ1) is 22.3. The van der Waals surface area contributed by atoms with Crippen LogP contribution in [0.2, 0.25) is 10.0 Å². The Labute approximate surface area is 176 Å². The molecule has 0 bridgehead atoms. The van der Waals surface area contributed by atoms with Crippen LogP contribution in [-0.2, 0) is 22.6 Å². The number of carbonyl (C=O) groups excluding carboxylic acids is 2. The molecule has 150 valence electrons. The Morgan fingerprint density at radius 3 is 1.89 bits per heavy atom. The molecule has 1 unspecified atom stereocenters. The van der Waals surface area contributed by atoms with Crippen molar-refractivity contribution in [2.75, 3.05) is 6.54 Å². The highest BCUT2D eigenvalue weighted by Gasteiger charge is 2.26. The molecular formula is C22H26Cl2N2O2. The minimum Gasteiger partial charge on any atom is -0.354 e. The minimum atomic E-state index is -0.589. The molecular weight excluding hydrogens is 395 g/mol. The molecule has 0 fully saturated rings. The highest BCUT2D eigenvalue weighted by molar-refractivity contribution is 6.30. The lowest BCUT2D eigenvalue weighted by Gasteiger charge is -2.29. The Hall–Kier alpha value is -2.04. The molecule has 0 saturated heterocycles. The number of halogens is 2. The van der Waals surface area contributed by atoms with Crippen LogP contribution in [0.1, 0.15) is 31.9 Å². The van der Waals surface area contributed by atoms with E-state index < -0.39 is 6.04 Å². The van der Waals surface area contributed by atoms with Gasteiger partial charge in [0.2, 0.25) is 11.8 Å². The molecule has 0 heterocycles. The number of nitrogens with one attached hydrogen (secondary N) is 1. The largest absolute Gasteiger partial charge is 0.354 e. The zero-order valence-corrected chi connectivity index (χ0v) is 17.9. The van der Waals surface area contributed by atoms with Gasteiger partial charge < -0.3 is 10.2 Å². The van der Waals surface area contributed by atoms with Crippen LogP contribution in [0, 0.1) is 5.92 Å². The minimum absolute atomic E-state index is 0.121. The van der Waals surface area contributed by atoms with E-state index in [9.17, 15) is 9.59 Å². The lowest BCUT2D eigenvalue weighted by Crippen LogP contribution is -2.48. The second-order valence-corrected chi connectivity index (χ2v) is 8.14. The fourth-order valence-corrected chi connectivity index (χ4v) is 2.95. The van der Waals surface area contributed by atoms with E-state index in [1.807, 2.05) is 38.1 Å². The number of benzene rings is 2. The number of hydrogen-bond donors (Lipinski definition) is 1. The van der Waals surface area contributed by atoms with Gasteiger partial charge in [-0.2, -0.15) is 0 Å². The summed E-state index contributed by atoms with van der Waals surface area (Å²) in [6, 6.07) is 13.9. The maximum Gasteiger partial charge on any atom is 0.242 e. The van der Waals surface area contributed by atoms with Crippen molar-refractivity contribution in [3.05, 3.63) is 69.7 Å². The van der Waals surface area contributed by atoms with Crippen LogP contribution in [0.4, 0.5) is 0 Å². The highest BCUT2D eigenvalue weighted by atomic mass is 35.5. The van der Waals surface area contributed by atoms with Crippen LogP contribution in [-0.4, -0.2) is 29.3 Å². The molecule has 0 spiro atoms. The van der Waals surface area contributed by atoms with Gasteiger partial charge in [-0.3, -0.25) is 9.59 Å². The lowest BCUT2D eigenvalue weighted by molar-refractivity contribution is -0.140. The smallest absolute Gasteiger partial charge is 0.242 e. The number of rotatable bonds is 8. The summed E-state index contributed by atoms with van der Waals surface area (Å²) in [7, 11) is 0. The summed E-state index contributed by atoms with van der Waals surface area (Å²) in [5.41, 5.74) is 1.77. The van der Waals surface area contributed by atoms with Crippen molar-refractivity contribution < 1.29 is 9.59 Å². The summed E-state index contributed by atoms with van der Waals surface area (Å²) < 4.78 is 0. The van der Waals surface area contributed by atoms with E-state index in [2.05, 4.69) is 5.32 Å². The quantitative estimate of drug-likeness (QED) is 0.670. The first-order valence-corrected chi connectivity index (χ1v) is 10.1. The fraction of sp³-hybridized carbons (Fsp3) is 0.364. The van der Waals surface area contributed by atoms with Gasteiger partial charge >= 0.3 is 0 Å². The SMILES string of the molecule is CC(C)CNC(=O)C(C)N(Cc1ccc(Cl)cc1)C(=O)Cc1ccc(Cl)cc1. The third kappa shape index (κ3) is 6.84. The van der Waals surface area contributed by atoms with Gasteiger partial charge in [-0.25, -0.2) is 0 Å². The van der Waals surface area contributed by atoms with Gasteiger partial charge in [0.25, 0.3) is 0 Å². The Balaban J connectivity index is 2.18. The molecule has 6 heteroatoms. The van der Waals surface area contributed by atoms with E-state index in [0.717, 1.165) is 11.1 Å². The average molecular weight is 421 g/mol. The van der Waals surface area contributed by atoms with Gasteiger partial charge in [0, 0.05) is 23.1 Å². The van der Waals surface area contributed by atoms with E-state index in [1.54, 1.807) is 36.1 Å². The Morgan fingerprint density at radius 2 is 1.39 bits per heavy atom. The monoisotopic (exact) mass is 420 g/mol. The van der Waals surface area contributed by atoms with Crippen LogP contribution in [0.25, 0.3) is 0 Å². The normalized spacial score (nSPS) is 11.9. The summed E-state index contributed by atoms with van der Waals surface area (Å²) in [4.78, 5) is 27.2. The number of hydrogen-bond acceptors (Lipinski definition) is 2. The zero-order valence-electron chi connectivity index (χ0n) is 16.4. The van der Waals surface area contributed by atoms with E-state index in [4.69, 9.17) is 23.2 Å². The lowest BCUT2D eigenvalue weighted by atomic mass is 10.1. The summed E-state index contributed by atoms with van der Waals surface area (Å²) in [6.07, 6.45) is 0.201. The molecule has 0 aromatic heterocycles. The molecule has 1 N–H and O–H groups in total. The van der Waals surface area contributed by atoms with Crippen LogP contribution in [0.5, 0.6) is 0 Å². The van der Waals surface area contributed by atoms with Crippen molar-refractivity contribution in [3.8, 4) is 0 Å². The van der Waals surface area contributed by atoms with Gasteiger partial charge in [-0.15, -0.1) is 0 Å². The van der Waals surface area contributed by atoms with E-state index in [-0.39, 0.29) is 18.2 Å². The second-order valence-electron chi connectivity index (χ2n) is 7.27. The van der Waals surface area contributed by atoms with Crippen LogP contribution >= 0.6 is 23.2 Å². The molecule has 0 aliphatic heterocycles. The Kier molecular flexibility index (Phi) is 8.34. The Morgan fingerprint density at radius 1 is 0.893 bits per heavy atom. The summed E-state index contributed by atoms with van der Waals surface area (Å²) in [5, 5.41) is 4.16. The molecule has 0 radical (unpaired) electrons. The molecule has 28 heavy (non-hydrogen) atoms. The molecule has 2 amide bonds. The van der Waals surface area contributed by atoms with Crippen molar-refractivity contribution in [1.82, 2.24) is 10.2 Å². The van der Waals surface area contributed by atoms with Gasteiger partial charge in [0.15, 0.2) is 0 Å². The highest BCUT2D eigenvalue weighted by Crippen LogP contribution is 2.16. The molecule has 1 atom stereocenters. The molecule has 0 aliphatic carbocycles. The van der Waals surface area contributed by atoms with Gasteiger partial charge in [-0.05, 0) is 48.2 Å². The molecule has 2 aromatic carbocycles. The summed E-state index contributed by atoms with van der Waals surface area (Å²) in [6.45, 7) is 6.72. The second kappa shape index (κ2) is 10.5. The standard InChI is InChI=1S/C22H26Cl2N2O2/c1-15(2)13-25-22(28)16(3)26(14-18-6-10-20(24)11-7-18)21(27)12-17-4-8-19(23)9-5-17/h4-11,15-16H,12-14H2,1-3H3,(H,25,28). The predicted octanol–water partition coefficient (Wildman–Crippen LogP) is 4.73. The summed E-state index contributed by atoms with van der Waals surface area (Å²) in [5.74, 6) is 0.0576. The molecule has 4 nitrogen and oxygen atoms in total. The van der Waals surface area contributed by atoms with Gasteiger partial charge in [-0.1, -0.05) is 61.3 Å². The maximum absolute atomic E-state index is 13.0. The fourth-order valence-electron chi connectivity index (χ4n) is 2.70. The molecule has 2 rings (SSSR count). The average Bonchev–Trinajstić information content (AvgIpc) is 2.66. The van der Waals surface area contributed by atoms with Crippen molar-refractivity contribution in [2.45, 2.75) is 39.8 Å². The van der Waals surface area contributed by atoms with E-state index >= 15 is 0 Å². The van der Waals surface area contributed by atoms with Crippen molar-refractivity contribution in [2.24, 2.45) is 5.92 Å². The maximum atomic E-state index is 13.0. The number of amides is 2. The third-order valence-electron chi connectivity index (χ3n) is 4.39. The van der Waals surface area contributed by atoms with Crippen LogP contribution in [0.15, 0.2) is 48.5 Å². The van der Waals surface area contributed by atoms with Gasteiger partial charge in [0.1, 0.15) is 6.04 Å². The van der Waals surface area contributed by atoms with Crippen LogP contribution in [0.3, 0.4) is 0 Å². The van der Waals surface area contributed by atoms with Crippen molar-refractivity contribution in [3.63, 3.8) is 0 Å². The molecule has 2 aromatic rings. The number of nitrogens with zero attached hydrogens (tertiary/aromatic N) is 1. The van der Waals surface area contributed by atoms with E-state index in [1.165, 1.54) is 0 Å². The van der Waals surface area contributed by atoms with Crippen molar-refractivity contribution in [1.29, 1.82) is 0 Å². The zero-order chi connectivity index (χ0) is 20.7. The van der Waals surface area contributed by atoms with Crippen LogP contribution < -0.4 is 5.32 Å². The van der Waals surface area contributed by atoms with Gasteiger partial charge in [0.05, 0.1) is 6.42 Å². The first-order valence-electron chi connectivity index (χ1n) is 9.32. The Bertz CT molecular complexity index is 789. The first-order chi connectivity index (χ1) is 13.3. The predicted molar refractivity (Wildman–Crippen MR) is 114 cm³/mol. The van der Waals surface area contributed by atoms with E-state index in [0.29, 0.717) is 29.1 Å². The number of carbonyl (C=O) groups is 2.